The number of unbranched alkanes of at least 4 members (excludes halogenated alkanes) is 4. The first-order valence-electron chi connectivity index (χ1n) is 8.14. The van der Waals surface area contributed by atoms with Gasteiger partial charge >= 0.3 is 0 Å². The molecule has 0 aliphatic rings. The number of phenolic OH excluding ortho intramolecular Hbond substituents is 1. The third kappa shape index (κ3) is 4.45. The zero-order chi connectivity index (χ0) is 15.8. The number of carbonyl (C=O) groups excluding carboxylic acids is 1. The zero-order valence-corrected chi connectivity index (χ0v) is 13.2. The van der Waals surface area contributed by atoms with Gasteiger partial charge in [0.25, 0.3) is 0 Å². The number of aryl methyl sites for hydroxylation is 1. The van der Waals surface area contributed by atoms with Gasteiger partial charge in [-0.3, -0.25) is 4.79 Å². The molecule has 0 aromatic heterocycles. The molecule has 0 aliphatic carbocycles. The molecular formula is C20H24O2. The van der Waals surface area contributed by atoms with Crippen molar-refractivity contribution in [1.82, 2.24) is 0 Å². The molecular weight excluding hydrogens is 272 g/mol. The van der Waals surface area contributed by atoms with E-state index in [0.717, 1.165) is 18.4 Å². The number of hydrogen-bond acceptors (Lipinski definition) is 2. The van der Waals surface area contributed by atoms with Crippen LogP contribution in [0, 0.1) is 0 Å². The molecule has 0 fully saturated rings. The van der Waals surface area contributed by atoms with E-state index in [4.69, 9.17) is 0 Å². The Morgan fingerprint density at radius 1 is 0.955 bits per heavy atom. The summed E-state index contributed by atoms with van der Waals surface area (Å²) in [5.41, 5.74) is 2.07. The molecule has 2 aromatic carbocycles. The Morgan fingerprint density at radius 2 is 1.68 bits per heavy atom. The number of carbonyl (C=O) groups is 1. The Hall–Kier alpha value is -2.09. The van der Waals surface area contributed by atoms with Crippen molar-refractivity contribution in [2.24, 2.45) is 0 Å². The highest BCUT2D eigenvalue weighted by Crippen LogP contribution is 2.23. The molecule has 0 bridgehead atoms. The van der Waals surface area contributed by atoms with Crippen LogP contribution in [0.3, 0.4) is 0 Å². The Bertz CT molecular complexity index is 602. The predicted octanol–water partition coefficient (Wildman–Crippen LogP) is 5.14. The van der Waals surface area contributed by atoms with Crippen molar-refractivity contribution in [2.45, 2.75) is 45.4 Å². The monoisotopic (exact) mass is 296 g/mol. The van der Waals surface area contributed by atoms with Crippen LogP contribution in [0.2, 0.25) is 0 Å². The fraction of sp³-hybridized carbons (Fsp3) is 0.350. The van der Waals surface area contributed by atoms with Crippen LogP contribution in [0.1, 0.15) is 60.5 Å². The highest BCUT2D eigenvalue weighted by Gasteiger charge is 2.13. The molecule has 2 rings (SSSR count). The van der Waals surface area contributed by atoms with Crippen molar-refractivity contribution < 1.29 is 9.90 Å². The van der Waals surface area contributed by atoms with Crippen LogP contribution >= 0.6 is 0 Å². The van der Waals surface area contributed by atoms with E-state index in [1.165, 1.54) is 25.7 Å². The van der Waals surface area contributed by atoms with E-state index in [1.807, 2.05) is 24.3 Å². The van der Waals surface area contributed by atoms with Crippen molar-refractivity contribution >= 4 is 5.78 Å². The van der Waals surface area contributed by atoms with E-state index < -0.39 is 0 Å². The van der Waals surface area contributed by atoms with Gasteiger partial charge in [-0.25, -0.2) is 0 Å². The van der Waals surface area contributed by atoms with Gasteiger partial charge in [-0.1, -0.05) is 69.0 Å². The van der Waals surface area contributed by atoms with Gasteiger partial charge in [-0.05, 0) is 30.5 Å². The second-order valence-corrected chi connectivity index (χ2v) is 5.71. The van der Waals surface area contributed by atoms with Crippen LogP contribution < -0.4 is 0 Å². The predicted molar refractivity (Wildman–Crippen MR) is 90.4 cm³/mol. The summed E-state index contributed by atoms with van der Waals surface area (Å²) in [6.45, 7) is 2.21. The Morgan fingerprint density at radius 3 is 2.36 bits per heavy atom. The Balaban J connectivity index is 1.99. The molecule has 0 heterocycles. The first-order valence-corrected chi connectivity index (χ1v) is 8.14. The van der Waals surface area contributed by atoms with Gasteiger partial charge in [0, 0.05) is 5.56 Å². The van der Waals surface area contributed by atoms with Gasteiger partial charge in [0.1, 0.15) is 5.75 Å². The first-order chi connectivity index (χ1) is 10.7. The van der Waals surface area contributed by atoms with Crippen molar-refractivity contribution in [3.63, 3.8) is 0 Å². The van der Waals surface area contributed by atoms with Crippen molar-refractivity contribution in [2.75, 3.05) is 0 Å². The van der Waals surface area contributed by atoms with Gasteiger partial charge in [-0.2, -0.15) is 0 Å². The summed E-state index contributed by atoms with van der Waals surface area (Å²) in [6, 6.07) is 14.5. The molecule has 0 aliphatic heterocycles. The molecule has 0 saturated carbocycles. The molecule has 0 amide bonds. The lowest BCUT2D eigenvalue weighted by atomic mass is 9.99. The van der Waals surface area contributed by atoms with Crippen LogP contribution in [0.25, 0.3) is 0 Å². The molecule has 2 heteroatoms. The number of ketones is 1. The smallest absolute Gasteiger partial charge is 0.196 e. The maximum absolute atomic E-state index is 12.4. The van der Waals surface area contributed by atoms with Crippen LogP contribution in [-0.2, 0) is 6.42 Å². The molecule has 0 spiro atoms. The zero-order valence-electron chi connectivity index (χ0n) is 13.2. The summed E-state index contributed by atoms with van der Waals surface area (Å²) in [6.07, 6.45) is 7.11. The summed E-state index contributed by atoms with van der Waals surface area (Å²) in [7, 11) is 0. The number of aromatic hydroxyl groups is 1. The molecule has 1 N–H and O–H groups in total. The number of benzene rings is 2. The van der Waals surface area contributed by atoms with Gasteiger partial charge in [-0.15, -0.1) is 0 Å². The van der Waals surface area contributed by atoms with E-state index in [0.29, 0.717) is 11.1 Å². The van der Waals surface area contributed by atoms with E-state index >= 15 is 0 Å². The average molecular weight is 296 g/mol. The lowest BCUT2D eigenvalue weighted by Gasteiger charge is -2.07. The molecule has 0 radical (unpaired) electrons. The molecule has 2 nitrogen and oxygen atoms in total. The fourth-order valence-corrected chi connectivity index (χ4v) is 2.60. The highest BCUT2D eigenvalue weighted by molar-refractivity contribution is 6.10. The van der Waals surface area contributed by atoms with Crippen LogP contribution in [0.15, 0.2) is 48.5 Å². The van der Waals surface area contributed by atoms with Crippen molar-refractivity contribution in [1.29, 1.82) is 0 Å². The molecule has 0 saturated heterocycles. The minimum Gasteiger partial charge on any atom is -0.507 e. The first kappa shape index (κ1) is 16.3. The molecule has 116 valence electrons. The summed E-state index contributed by atoms with van der Waals surface area (Å²) in [5.74, 6) is -0.0486. The second kappa shape index (κ2) is 8.38. The Kier molecular flexibility index (Phi) is 6.20. The molecule has 0 atom stereocenters. The largest absolute Gasteiger partial charge is 0.507 e. The maximum Gasteiger partial charge on any atom is 0.196 e. The number of hydrogen-bond donors (Lipinski definition) is 1. The normalized spacial score (nSPS) is 10.6. The van der Waals surface area contributed by atoms with Crippen LogP contribution in [0.4, 0.5) is 0 Å². The third-order valence-corrected chi connectivity index (χ3v) is 3.91. The highest BCUT2D eigenvalue weighted by atomic mass is 16.3. The second-order valence-electron chi connectivity index (χ2n) is 5.71. The van der Waals surface area contributed by atoms with Crippen molar-refractivity contribution in [3.8, 4) is 5.75 Å². The lowest BCUT2D eigenvalue weighted by Crippen LogP contribution is -2.02. The van der Waals surface area contributed by atoms with Crippen LogP contribution in [0.5, 0.6) is 5.75 Å². The minimum atomic E-state index is -0.132. The fourth-order valence-electron chi connectivity index (χ4n) is 2.60. The molecule has 2 aromatic rings. The van der Waals surface area contributed by atoms with E-state index in [9.17, 15) is 9.90 Å². The average Bonchev–Trinajstić information content (AvgIpc) is 2.55. The summed E-state index contributed by atoms with van der Waals surface area (Å²) < 4.78 is 0. The third-order valence-electron chi connectivity index (χ3n) is 3.91. The number of rotatable bonds is 8. The minimum absolute atomic E-state index is 0.0833. The van der Waals surface area contributed by atoms with Gasteiger partial charge < -0.3 is 5.11 Å². The van der Waals surface area contributed by atoms with E-state index in [-0.39, 0.29) is 11.5 Å². The summed E-state index contributed by atoms with van der Waals surface area (Å²) in [4.78, 5) is 12.4. The standard InChI is InChI=1S/C20H24O2/c1-2-3-4-5-7-10-16-13-14-18(19(21)15-16)20(22)17-11-8-6-9-12-17/h6,8-9,11-15,21H,2-5,7,10H2,1H3. The topological polar surface area (TPSA) is 37.3 Å². The molecule has 22 heavy (non-hydrogen) atoms. The SMILES string of the molecule is CCCCCCCc1ccc(C(=O)c2ccccc2)c(O)c1. The van der Waals surface area contributed by atoms with Gasteiger partial charge in [0.05, 0.1) is 5.56 Å². The molecule has 0 unspecified atom stereocenters. The summed E-state index contributed by atoms with van der Waals surface area (Å²) >= 11 is 0. The number of phenols is 1. The van der Waals surface area contributed by atoms with E-state index in [1.54, 1.807) is 24.3 Å². The quantitative estimate of drug-likeness (QED) is 0.541. The van der Waals surface area contributed by atoms with Crippen LogP contribution in [-0.4, -0.2) is 10.9 Å². The van der Waals surface area contributed by atoms with E-state index in [2.05, 4.69) is 6.92 Å². The maximum atomic E-state index is 12.4. The lowest BCUT2D eigenvalue weighted by molar-refractivity contribution is 0.103. The van der Waals surface area contributed by atoms with Crippen molar-refractivity contribution in [3.05, 3.63) is 65.2 Å². The van der Waals surface area contributed by atoms with Gasteiger partial charge in [0.15, 0.2) is 5.78 Å². The Labute approximate surface area is 132 Å². The summed E-state index contributed by atoms with van der Waals surface area (Å²) in [5, 5.41) is 10.1. The van der Waals surface area contributed by atoms with Gasteiger partial charge in [0.2, 0.25) is 0 Å².